The molecule has 0 N–H and O–H groups in total. The molecule has 0 aliphatic rings. The van der Waals surface area contributed by atoms with Gasteiger partial charge in [0.25, 0.3) is 5.69 Å². The molecule has 2 rings (SSSR count). The molecule has 0 amide bonds. The van der Waals surface area contributed by atoms with Gasteiger partial charge in [0, 0.05) is 17.7 Å². The average molecular weight is 261 g/mol. The Hall–Kier alpha value is -2.46. The lowest BCUT2D eigenvalue weighted by Crippen LogP contribution is -2.13. The summed E-state index contributed by atoms with van der Waals surface area (Å²) in [7, 11) is 0. The summed E-state index contributed by atoms with van der Waals surface area (Å²) in [6.45, 7) is 0.113. The van der Waals surface area contributed by atoms with Gasteiger partial charge in [-0.2, -0.15) is 5.10 Å². The maximum Gasteiger partial charge on any atom is 0.326 e. The number of nitro groups is 1. The number of terminal acetylenes is 1. The van der Waals surface area contributed by atoms with Crippen LogP contribution in [0, 0.1) is 22.5 Å². The van der Waals surface area contributed by atoms with Crippen molar-refractivity contribution in [3.63, 3.8) is 0 Å². The SMILES string of the molecule is C#CCn1nc(-c2ccc([N+](=O)[O-])cc2)sc1=O. The summed E-state index contributed by atoms with van der Waals surface area (Å²) in [5.74, 6) is 2.33. The van der Waals surface area contributed by atoms with Crippen molar-refractivity contribution in [3.8, 4) is 22.9 Å². The van der Waals surface area contributed by atoms with Gasteiger partial charge in [0.05, 0.1) is 4.92 Å². The first-order valence-electron chi connectivity index (χ1n) is 4.88. The fourth-order valence-corrected chi connectivity index (χ4v) is 2.10. The molecular weight excluding hydrogens is 254 g/mol. The maximum atomic E-state index is 11.5. The molecule has 0 aliphatic heterocycles. The summed E-state index contributed by atoms with van der Waals surface area (Å²) < 4.78 is 1.18. The van der Waals surface area contributed by atoms with E-state index < -0.39 is 4.92 Å². The van der Waals surface area contributed by atoms with Crippen LogP contribution < -0.4 is 4.87 Å². The molecular formula is C11H7N3O3S. The topological polar surface area (TPSA) is 78.0 Å². The third-order valence-corrected chi connectivity index (χ3v) is 3.07. The minimum Gasteiger partial charge on any atom is -0.258 e. The molecule has 18 heavy (non-hydrogen) atoms. The van der Waals surface area contributed by atoms with Gasteiger partial charge in [0.1, 0.15) is 11.6 Å². The van der Waals surface area contributed by atoms with Gasteiger partial charge in [0.15, 0.2) is 0 Å². The van der Waals surface area contributed by atoms with Crippen LogP contribution >= 0.6 is 11.3 Å². The van der Waals surface area contributed by atoms with Crippen LogP contribution in [0.5, 0.6) is 0 Å². The van der Waals surface area contributed by atoms with Gasteiger partial charge in [-0.05, 0) is 12.1 Å². The molecule has 0 fully saturated rings. The van der Waals surface area contributed by atoms with E-state index in [0.29, 0.717) is 10.6 Å². The van der Waals surface area contributed by atoms with Gasteiger partial charge in [-0.3, -0.25) is 14.9 Å². The largest absolute Gasteiger partial charge is 0.326 e. The van der Waals surface area contributed by atoms with E-state index in [-0.39, 0.29) is 17.1 Å². The van der Waals surface area contributed by atoms with Crippen molar-refractivity contribution >= 4 is 17.0 Å². The van der Waals surface area contributed by atoms with Gasteiger partial charge in [-0.1, -0.05) is 17.3 Å². The summed E-state index contributed by atoms with van der Waals surface area (Å²) in [5.41, 5.74) is 0.646. The molecule has 0 atom stereocenters. The normalized spacial score (nSPS) is 9.94. The van der Waals surface area contributed by atoms with Crippen LogP contribution in [0.3, 0.4) is 0 Å². The third-order valence-electron chi connectivity index (χ3n) is 2.17. The number of nitrogens with zero attached hydrogens (tertiary/aromatic N) is 3. The van der Waals surface area contributed by atoms with Crippen molar-refractivity contribution in [1.82, 2.24) is 9.78 Å². The number of non-ortho nitro benzene ring substituents is 1. The van der Waals surface area contributed by atoms with Gasteiger partial charge >= 0.3 is 4.87 Å². The molecule has 1 aromatic heterocycles. The molecule has 0 unspecified atom stereocenters. The Balaban J connectivity index is 2.37. The smallest absolute Gasteiger partial charge is 0.258 e. The Morgan fingerprint density at radius 2 is 2.11 bits per heavy atom. The molecule has 2 aromatic rings. The van der Waals surface area contributed by atoms with Gasteiger partial charge in [-0.25, -0.2) is 4.68 Å². The third kappa shape index (κ3) is 2.28. The minimum absolute atomic E-state index is 0.00541. The van der Waals surface area contributed by atoms with Crippen LogP contribution in [0.15, 0.2) is 29.1 Å². The standard InChI is InChI=1S/C11H7N3O3S/c1-2-7-13-11(15)18-10(12-13)8-3-5-9(6-4-8)14(16)17/h1,3-6H,7H2. The average Bonchev–Trinajstić information content (AvgIpc) is 2.72. The van der Waals surface area contributed by atoms with Crippen LogP contribution in [0.25, 0.3) is 10.6 Å². The highest BCUT2D eigenvalue weighted by molar-refractivity contribution is 7.12. The Morgan fingerprint density at radius 1 is 1.44 bits per heavy atom. The summed E-state index contributed by atoms with van der Waals surface area (Å²) in [6.07, 6.45) is 5.11. The minimum atomic E-state index is -0.483. The zero-order valence-electron chi connectivity index (χ0n) is 9.07. The molecule has 0 saturated carbocycles. The van der Waals surface area contributed by atoms with Crippen LogP contribution in [0.1, 0.15) is 0 Å². The van der Waals surface area contributed by atoms with E-state index in [0.717, 1.165) is 11.3 Å². The molecule has 6 nitrogen and oxygen atoms in total. The second-order valence-corrected chi connectivity index (χ2v) is 4.28. The lowest BCUT2D eigenvalue weighted by atomic mass is 10.2. The van der Waals surface area contributed by atoms with Crippen molar-refractivity contribution in [2.24, 2.45) is 0 Å². The van der Waals surface area contributed by atoms with Crippen LogP contribution in [-0.4, -0.2) is 14.7 Å². The molecule has 1 heterocycles. The van der Waals surface area contributed by atoms with E-state index in [1.165, 1.54) is 16.8 Å². The molecule has 0 spiro atoms. The summed E-state index contributed by atoms with van der Waals surface area (Å²) in [5, 5.41) is 15.1. The van der Waals surface area contributed by atoms with Crippen molar-refractivity contribution < 1.29 is 4.92 Å². The summed E-state index contributed by atoms with van der Waals surface area (Å²) in [4.78, 5) is 21.3. The van der Waals surface area contributed by atoms with E-state index in [1.54, 1.807) is 12.1 Å². The Kier molecular flexibility index (Phi) is 3.21. The molecule has 7 heteroatoms. The van der Waals surface area contributed by atoms with E-state index >= 15 is 0 Å². The first kappa shape index (κ1) is 12.0. The second kappa shape index (κ2) is 4.81. The van der Waals surface area contributed by atoms with Crippen LogP contribution in [0.4, 0.5) is 5.69 Å². The number of rotatable bonds is 3. The lowest BCUT2D eigenvalue weighted by Gasteiger charge is -1.95. The summed E-state index contributed by atoms with van der Waals surface area (Å²) in [6, 6.07) is 5.84. The Morgan fingerprint density at radius 3 is 2.67 bits per heavy atom. The highest BCUT2D eigenvalue weighted by atomic mass is 32.1. The van der Waals surface area contributed by atoms with Crippen LogP contribution in [0.2, 0.25) is 0 Å². The number of benzene rings is 1. The van der Waals surface area contributed by atoms with Crippen molar-refractivity contribution in [3.05, 3.63) is 44.0 Å². The number of nitro benzene ring substituents is 1. The van der Waals surface area contributed by atoms with Gasteiger partial charge in [-0.15, -0.1) is 6.42 Å². The molecule has 0 saturated heterocycles. The molecule has 1 aromatic carbocycles. The highest BCUT2D eigenvalue weighted by Crippen LogP contribution is 2.22. The number of hydrogen-bond donors (Lipinski definition) is 0. The van der Waals surface area contributed by atoms with Crippen LogP contribution in [-0.2, 0) is 6.54 Å². The van der Waals surface area contributed by atoms with E-state index in [2.05, 4.69) is 11.0 Å². The second-order valence-electron chi connectivity index (χ2n) is 3.34. The quantitative estimate of drug-likeness (QED) is 0.476. The zero-order valence-corrected chi connectivity index (χ0v) is 9.88. The van der Waals surface area contributed by atoms with E-state index in [9.17, 15) is 14.9 Å². The van der Waals surface area contributed by atoms with Gasteiger partial charge in [0.2, 0.25) is 0 Å². The monoisotopic (exact) mass is 261 g/mol. The first-order valence-corrected chi connectivity index (χ1v) is 5.69. The number of aromatic nitrogens is 2. The fourth-order valence-electron chi connectivity index (χ4n) is 1.34. The molecule has 0 radical (unpaired) electrons. The Bertz CT molecular complexity index is 679. The molecule has 0 bridgehead atoms. The van der Waals surface area contributed by atoms with Crippen molar-refractivity contribution in [2.75, 3.05) is 0 Å². The molecule has 0 aliphatic carbocycles. The maximum absolute atomic E-state index is 11.5. The predicted molar refractivity (Wildman–Crippen MR) is 67.3 cm³/mol. The van der Waals surface area contributed by atoms with E-state index in [4.69, 9.17) is 6.42 Å². The lowest BCUT2D eigenvalue weighted by molar-refractivity contribution is -0.384. The van der Waals surface area contributed by atoms with Gasteiger partial charge < -0.3 is 0 Å². The molecule has 90 valence electrons. The predicted octanol–water partition coefficient (Wildman–Crippen LogP) is 1.51. The zero-order chi connectivity index (χ0) is 13.1. The Labute approximate surface area is 106 Å². The fraction of sp³-hybridized carbons (Fsp3) is 0.0909. The van der Waals surface area contributed by atoms with E-state index in [1.807, 2.05) is 0 Å². The van der Waals surface area contributed by atoms with Crippen molar-refractivity contribution in [2.45, 2.75) is 6.54 Å². The first-order chi connectivity index (χ1) is 8.61. The number of hydrogen-bond acceptors (Lipinski definition) is 5. The highest BCUT2D eigenvalue weighted by Gasteiger charge is 2.10. The summed E-state index contributed by atoms with van der Waals surface area (Å²) >= 11 is 0.953. The van der Waals surface area contributed by atoms with Crippen molar-refractivity contribution in [1.29, 1.82) is 0 Å².